The van der Waals surface area contributed by atoms with E-state index in [2.05, 4.69) is 27.7 Å². The molecule has 3 N–H and O–H groups in total. The number of aliphatic hydroxyl groups is 3. The SMILES string of the molecule is CC[C@H]1[C@@H](O)[C@@H]2[C@H](CC[C@]3(C)[C@@H](C(C)CCO)CC[C@@H]23)[C@@]2(C)CC[C@@H](O)C[C@@H]12. The average Bonchev–Trinajstić information content (AvgIpc) is 3.01. The topological polar surface area (TPSA) is 60.7 Å². The van der Waals surface area contributed by atoms with E-state index in [-0.39, 0.29) is 12.2 Å². The summed E-state index contributed by atoms with van der Waals surface area (Å²) >= 11 is 0. The van der Waals surface area contributed by atoms with Crippen molar-refractivity contribution in [3.63, 3.8) is 0 Å². The van der Waals surface area contributed by atoms with Gasteiger partial charge in [-0.05, 0) is 104 Å². The molecule has 11 atom stereocenters. The molecule has 4 saturated carbocycles. The predicted octanol–water partition coefficient (Wildman–Crippen LogP) is 4.63. The third-order valence-corrected chi connectivity index (χ3v) is 10.7. The molecule has 0 heterocycles. The van der Waals surface area contributed by atoms with E-state index in [0.29, 0.717) is 58.9 Å². The van der Waals surface area contributed by atoms with Crippen LogP contribution in [0.3, 0.4) is 0 Å². The summed E-state index contributed by atoms with van der Waals surface area (Å²) in [5.74, 6) is 3.78. The number of aliphatic hydroxyl groups excluding tert-OH is 3. The smallest absolute Gasteiger partial charge is 0.0605 e. The van der Waals surface area contributed by atoms with Gasteiger partial charge in [-0.1, -0.05) is 34.1 Å². The van der Waals surface area contributed by atoms with Gasteiger partial charge in [0.15, 0.2) is 0 Å². The Hall–Kier alpha value is -0.120. The fraction of sp³-hybridized carbons (Fsp3) is 1.00. The minimum atomic E-state index is -0.199. The second-order valence-corrected chi connectivity index (χ2v) is 11.6. The number of fused-ring (bicyclic) bond motifs is 5. The molecule has 3 nitrogen and oxygen atoms in total. The summed E-state index contributed by atoms with van der Waals surface area (Å²) in [6.45, 7) is 9.92. The van der Waals surface area contributed by atoms with E-state index in [1.54, 1.807) is 0 Å². The van der Waals surface area contributed by atoms with E-state index in [0.717, 1.165) is 32.1 Å². The van der Waals surface area contributed by atoms with Crippen molar-refractivity contribution in [1.82, 2.24) is 0 Å². The van der Waals surface area contributed by atoms with Crippen LogP contribution in [-0.2, 0) is 0 Å². The van der Waals surface area contributed by atoms with Gasteiger partial charge in [0.1, 0.15) is 0 Å². The summed E-state index contributed by atoms with van der Waals surface area (Å²) in [6, 6.07) is 0. The molecule has 0 spiro atoms. The van der Waals surface area contributed by atoms with Gasteiger partial charge < -0.3 is 15.3 Å². The Morgan fingerprint density at radius 2 is 1.61 bits per heavy atom. The van der Waals surface area contributed by atoms with Crippen molar-refractivity contribution in [2.24, 2.45) is 52.3 Å². The molecule has 0 radical (unpaired) electrons. The van der Waals surface area contributed by atoms with Gasteiger partial charge >= 0.3 is 0 Å². The van der Waals surface area contributed by atoms with Gasteiger partial charge in [0.2, 0.25) is 0 Å². The maximum absolute atomic E-state index is 11.7. The molecule has 28 heavy (non-hydrogen) atoms. The van der Waals surface area contributed by atoms with E-state index in [4.69, 9.17) is 0 Å². The zero-order chi connectivity index (χ0) is 20.3. The van der Waals surface area contributed by atoms with Crippen LogP contribution in [-0.4, -0.2) is 34.1 Å². The maximum Gasteiger partial charge on any atom is 0.0605 e. The van der Waals surface area contributed by atoms with E-state index in [1.165, 1.54) is 25.7 Å². The lowest BCUT2D eigenvalue weighted by Crippen LogP contribution is -2.62. The molecular formula is C25H44O3. The molecule has 4 rings (SSSR count). The molecule has 0 amide bonds. The van der Waals surface area contributed by atoms with Crippen LogP contribution in [0.25, 0.3) is 0 Å². The number of hydrogen-bond donors (Lipinski definition) is 3. The number of rotatable bonds is 4. The lowest BCUT2D eigenvalue weighted by Gasteiger charge is -2.64. The Morgan fingerprint density at radius 3 is 2.29 bits per heavy atom. The molecule has 0 saturated heterocycles. The first-order valence-corrected chi connectivity index (χ1v) is 12.2. The minimum absolute atomic E-state index is 0.167. The lowest BCUT2D eigenvalue weighted by molar-refractivity contribution is -0.203. The van der Waals surface area contributed by atoms with Gasteiger partial charge in [-0.3, -0.25) is 0 Å². The van der Waals surface area contributed by atoms with E-state index < -0.39 is 0 Å². The Morgan fingerprint density at radius 1 is 0.929 bits per heavy atom. The highest BCUT2D eigenvalue weighted by molar-refractivity contribution is 5.13. The van der Waals surface area contributed by atoms with Crippen LogP contribution < -0.4 is 0 Å². The van der Waals surface area contributed by atoms with Crippen molar-refractivity contribution in [3.05, 3.63) is 0 Å². The Labute approximate surface area is 172 Å². The van der Waals surface area contributed by atoms with Gasteiger partial charge in [0.25, 0.3) is 0 Å². The van der Waals surface area contributed by atoms with Crippen molar-refractivity contribution in [3.8, 4) is 0 Å². The summed E-state index contributed by atoms with van der Waals surface area (Å²) < 4.78 is 0. The molecular weight excluding hydrogens is 348 g/mol. The molecule has 4 aliphatic carbocycles. The van der Waals surface area contributed by atoms with Crippen LogP contribution in [0, 0.1) is 52.3 Å². The Bertz CT molecular complexity index is 564. The number of hydrogen-bond acceptors (Lipinski definition) is 3. The zero-order valence-corrected chi connectivity index (χ0v) is 18.6. The predicted molar refractivity (Wildman–Crippen MR) is 113 cm³/mol. The average molecular weight is 393 g/mol. The van der Waals surface area contributed by atoms with Gasteiger partial charge in [-0.25, -0.2) is 0 Å². The van der Waals surface area contributed by atoms with Crippen LogP contribution in [0.2, 0.25) is 0 Å². The van der Waals surface area contributed by atoms with Gasteiger partial charge in [-0.2, -0.15) is 0 Å². The van der Waals surface area contributed by atoms with Crippen LogP contribution in [0.15, 0.2) is 0 Å². The fourth-order valence-corrected chi connectivity index (χ4v) is 9.34. The summed E-state index contributed by atoms with van der Waals surface area (Å²) in [4.78, 5) is 0. The highest BCUT2D eigenvalue weighted by Gasteiger charge is 2.64. The molecule has 4 fully saturated rings. The van der Waals surface area contributed by atoms with Crippen LogP contribution in [0.5, 0.6) is 0 Å². The van der Waals surface area contributed by atoms with Crippen molar-refractivity contribution in [1.29, 1.82) is 0 Å². The highest BCUT2D eigenvalue weighted by Crippen LogP contribution is 2.69. The third-order valence-electron chi connectivity index (χ3n) is 10.7. The molecule has 0 aromatic carbocycles. The van der Waals surface area contributed by atoms with Crippen LogP contribution in [0.1, 0.15) is 85.5 Å². The lowest BCUT2D eigenvalue weighted by atomic mass is 9.41. The standard InChI is InChI=1S/C25H44O3/c1-5-17-21-14-16(27)8-11-25(21,4)20-9-12-24(3)18(15(2)10-13-26)6-7-19(24)22(20)23(17)28/h15-23,26-28H,5-14H2,1-4H3/t15?,16-,17-,18-,19+,20+,21+,22+,23-,24-,25-/m1/s1. The van der Waals surface area contributed by atoms with Crippen molar-refractivity contribution in [2.45, 2.75) is 97.7 Å². The van der Waals surface area contributed by atoms with Crippen molar-refractivity contribution < 1.29 is 15.3 Å². The molecule has 0 aromatic rings. The minimum Gasteiger partial charge on any atom is -0.396 e. The summed E-state index contributed by atoms with van der Waals surface area (Å²) in [5, 5.41) is 31.6. The van der Waals surface area contributed by atoms with Crippen LogP contribution >= 0.6 is 0 Å². The first kappa shape index (κ1) is 21.1. The summed E-state index contributed by atoms with van der Waals surface area (Å²) in [7, 11) is 0. The molecule has 0 aromatic heterocycles. The Balaban J connectivity index is 1.67. The first-order chi connectivity index (χ1) is 13.3. The summed E-state index contributed by atoms with van der Waals surface area (Å²) in [6.07, 6.45) is 9.62. The van der Waals surface area contributed by atoms with Gasteiger partial charge in [0.05, 0.1) is 12.2 Å². The highest BCUT2D eigenvalue weighted by atomic mass is 16.3. The normalized spacial score (nSPS) is 54.5. The molecule has 162 valence electrons. The van der Waals surface area contributed by atoms with Crippen molar-refractivity contribution in [2.75, 3.05) is 6.61 Å². The molecule has 0 bridgehead atoms. The molecule has 3 heteroatoms. The van der Waals surface area contributed by atoms with E-state index >= 15 is 0 Å². The molecule has 0 aliphatic heterocycles. The van der Waals surface area contributed by atoms with Crippen LogP contribution in [0.4, 0.5) is 0 Å². The quantitative estimate of drug-likeness (QED) is 0.653. The first-order valence-electron chi connectivity index (χ1n) is 12.2. The maximum atomic E-state index is 11.7. The fourth-order valence-electron chi connectivity index (χ4n) is 9.34. The monoisotopic (exact) mass is 392 g/mol. The van der Waals surface area contributed by atoms with Gasteiger partial charge in [0, 0.05) is 6.61 Å². The second kappa shape index (κ2) is 7.54. The third kappa shape index (κ3) is 2.94. The molecule has 4 aliphatic rings. The molecule has 1 unspecified atom stereocenters. The summed E-state index contributed by atoms with van der Waals surface area (Å²) in [5.41, 5.74) is 0.617. The Kier molecular flexibility index (Phi) is 5.69. The van der Waals surface area contributed by atoms with E-state index in [9.17, 15) is 15.3 Å². The second-order valence-electron chi connectivity index (χ2n) is 11.6. The largest absolute Gasteiger partial charge is 0.396 e. The van der Waals surface area contributed by atoms with Crippen molar-refractivity contribution >= 4 is 0 Å². The van der Waals surface area contributed by atoms with Gasteiger partial charge in [-0.15, -0.1) is 0 Å². The van der Waals surface area contributed by atoms with E-state index in [1.807, 2.05) is 0 Å². The zero-order valence-electron chi connectivity index (χ0n) is 18.6.